The first-order valence-corrected chi connectivity index (χ1v) is 25.1. The maximum Gasteiger partial charge on any atom is 0.272 e. The Morgan fingerprint density at radius 3 is 1.11 bits per heavy atom. The fourth-order valence-corrected chi connectivity index (χ4v) is 9.75. The van der Waals surface area contributed by atoms with Crippen LogP contribution in [0.5, 0.6) is 0 Å². The highest BCUT2D eigenvalue weighted by atomic mass is 16.5. The van der Waals surface area contributed by atoms with Gasteiger partial charge in [-0.25, -0.2) is 0 Å². The number of hydrogen-bond donors (Lipinski definition) is 6. The number of rotatable bonds is 18. The molecule has 0 spiro atoms. The largest absolute Gasteiger partial charge is 0.379 e. The van der Waals surface area contributed by atoms with E-state index >= 15 is 0 Å². The highest BCUT2D eigenvalue weighted by molar-refractivity contribution is 6.09. The van der Waals surface area contributed by atoms with Crippen LogP contribution in [0.1, 0.15) is 86.6 Å². The van der Waals surface area contributed by atoms with Crippen LogP contribution in [0.15, 0.2) is 85.5 Å². The predicted octanol–water partition coefficient (Wildman–Crippen LogP) is 4.72. The lowest BCUT2D eigenvalue weighted by atomic mass is 9.84. The fourth-order valence-electron chi connectivity index (χ4n) is 9.75. The van der Waals surface area contributed by atoms with Crippen molar-refractivity contribution < 1.29 is 38.2 Å². The summed E-state index contributed by atoms with van der Waals surface area (Å²) in [5.74, 6) is -1.89. The molecule has 6 heterocycles. The lowest BCUT2D eigenvalue weighted by Crippen LogP contribution is -2.38. The number of aromatic nitrogens is 4. The molecule has 6 N–H and O–H groups in total. The van der Waals surface area contributed by atoms with E-state index in [1.807, 2.05) is 24.3 Å². The minimum atomic E-state index is -0.396. The van der Waals surface area contributed by atoms with Crippen LogP contribution in [-0.4, -0.2) is 142 Å². The molecule has 9 rings (SSSR count). The SMILES string of the molecule is Cn1cc(NC(=O)c2cc(NC(=O)c3ccc4c(c3)CCc3cc(C(=O)Nc5cc(C(=O)Nc6cc(C(=O)NCCCN7CCOCC7)n(C)c6)n(C)c5)ccc3-4)cn2C)cc1C(=O)NCCCN1CCOCC1. The summed E-state index contributed by atoms with van der Waals surface area (Å²) in [6.45, 7) is 9.37. The van der Waals surface area contributed by atoms with E-state index in [1.165, 1.54) is 0 Å². The van der Waals surface area contributed by atoms with Gasteiger partial charge in [-0.3, -0.25) is 38.6 Å². The molecule has 2 fully saturated rings. The molecule has 0 atom stereocenters. The third-order valence-corrected chi connectivity index (χ3v) is 13.8. The summed E-state index contributed by atoms with van der Waals surface area (Å²) in [6, 6.07) is 17.6. The number of nitrogens with one attached hydrogen (secondary N) is 6. The van der Waals surface area contributed by atoms with Gasteiger partial charge in [-0.2, -0.15) is 0 Å². The van der Waals surface area contributed by atoms with Gasteiger partial charge in [-0.1, -0.05) is 12.1 Å². The molecule has 0 radical (unpaired) electrons. The number of fused-ring (bicyclic) bond motifs is 3. The number of aryl methyl sites for hydroxylation is 6. The first kappa shape index (κ1) is 51.1. The van der Waals surface area contributed by atoms with Crippen LogP contribution in [0, 0.1) is 0 Å². The van der Waals surface area contributed by atoms with Crippen LogP contribution in [0.3, 0.4) is 0 Å². The Labute approximate surface area is 429 Å². The summed E-state index contributed by atoms with van der Waals surface area (Å²) in [6.07, 6.45) is 9.67. The van der Waals surface area contributed by atoms with Crippen molar-refractivity contribution in [3.8, 4) is 11.1 Å². The fraction of sp³-hybridized carbons (Fsp3) is 0.370. The highest BCUT2D eigenvalue weighted by Crippen LogP contribution is 2.35. The van der Waals surface area contributed by atoms with Gasteiger partial charge >= 0.3 is 0 Å². The molecule has 1 aliphatic carbocycles. The van der Waals surface area contributed by atoms with Crippen molar-refractivity contribution in [1.29, 1.82) is 0 Å². The van der Waals surface area contributed by atoms with E-state index in [0.29, 0.717) is 82.6 Å². The summed E-state index contributed by atoms with van der Waals surface area (Å²) >= 11 is 0. The molecule has 74 heavy (non-hydrogen) atoms. The average Bonchev–Trinajstić information content (AvgIpc) is 4.17. The van der Waals surface area contributed by atoms with Crippen molar-refractivity contribution in [2.75, 3.05) is 100 Å². The van der Waals surface area contributed by atoms with E-state index in [0.717, 1.165) is 101 Å². The van der Waals surface area contributed by atoms with Crippen molar-refractivity contribution in [3.05, 3.63) is 130 Å². The number of ether oxygens (including phenoxy) is 2. The molecule has 6 aromatic rings. The maximum absolute atomic E-state index is 13.6. The number of morpholine rings is 2. The second-order valence-corrected chi connectivity index (χ2v) is 19.1. The van der Waals surface area contributed by atoms with Gasteiger partial charge in [0.1, 0.15) is 22.8 Å². The molecule has 20 nitrogen and oxygen atoms in total. The number of benzene rings is 2. The number of amides is 6. The first-order valence-electron chi connectivity index (χ1n) is 25.1. The smallest absolute Gasteiger partial charge is 0.272 e. The van der Waals surface area contributed by atoms with Crippen molar-refractivity contribution in [2.45, 2.75) is 25.7 Å². The Morgan fingerprint density at radius 2 is 0.757 bits per heavy atom. The van der Waals surface area contributed by atoms with Gasteiger partial charge in [0.25, 0.3) is 35.4 Å². The van der Waals surface area contributed by atoms with Crippen molar-refractivity contribution in [1.82, 2.24) is 38.7 Å². The standard InChI is InChI=1S/C54H64N12O8/c1-61-33-41(27-45(61)51(69)55-13-5-15-65-17-21-73-22-18-65)59-53(71)47-29-39(31-63(47)3)57-49(67)37-9-11-43-35(25-37)7-8-36-26-38(10-12-44(36)43)50(68)58-40-30-48(64(4)32-40)54(72)60-42-28-46(62(2)34-42)52(70)56-14-6-16-66-19-23-74-24-20-66/h9-12,25-34H,5-8,13-24H2,1-4H3,(H,55,69)(H,56,70)(H,57,67)(H,58,68)(H,59,71)(H,60,72). The normalized spacial score (nSPS) is 14.6. The minimum absolute atomic E-state index is 0.223. The lowest BCUT2D eigenvalue weighted by molar-refractivity contribution is 0.0373. The molecule has 2 aromatic carbocycles. The van der Waals surface area contributed by atoms with E-state index in [1.54, 1.807) is 108 Å². The molecule has 0 bridgehead atoms. The zero-order valence-electron chi connectivity index (χ0n) is 42.3. The third kappa shape index (κ3) is 12.2. The van der Waals surface area contributed by atoms with Crippen molar-refractivity contribution in [3.63, 3.8) is 0 Å². The number of carbonyl (C=O) groups excluding carboxylic acids is 6. The summed E-state index contributed by atoms with van der Waals surface area (Å²) in [5, 5.41) is 17.5. The molecule has 4 aromatic heterocycles. The van der Waals surface area contributed by atoms with Crippen LogP contribution < -0.4 is 31.9 Å². The summed E-state index contributed by atoms with van der Waals surface area (Å²) in [5.41, 5.74) is 8.20. The van der Waals surface area contributed by atoms with Crippen molar-refractivity contribution >= 4 is 58.2 Å². The Morgan fingerprint density at radius 1 is 0.432 bits per heavy atom. The Kier molecular flexibility index (Phi) is 15.9. The maximum atomic E-state index is 13.6. The molecule has 0 unspecified atom stereocenters. The van der Waals surface area contributed by atoms with E-state index in [-0.39, 0.29) is 23.6 Å². The average molecular weight is 1010 g/mol. The molecule has 388 valence electrons. The molecule has 2 saturated heterocycles. The van der Waals surface area contributed by atoms with Gasteiger partial charge in [-0.15, -0.1) is 0 Å². The molecule has 2 aliphatic heterocycles. The van der Waals surface area contributed by atoms with Gasteiger partial charge in [0, 0.05) is 103 Å². The number of hydrogen-bond acceptors (Lipinski definition) is 10. The van der Waals surface area contributed by atoms with Crippen LogP contribution >= 0.6 is 0 Å². The molecule has 3 aliphatic rings. The lowest BCUT2D eigenvalue weighted by Gasteiger charge is -2.26. The summed E-state index contributed by atoms with van der Waals surface area (Å²) in [4.78, 5) is 84.5. The zero-order valence-corrected chi connectivity index (χ0v) is 42.3. The van der Waals surface area contributed by atoms with Gasteiger partial charge in [-0.05, 0) is 110 Å². The monoisotopic (exact) mass is 1010 g/mol. The zero-order chi connectivity index (χ0) is 51.9. The molecular formula is C54H64N12O8. The summed E-state index contributed by atoms with van der Waals surface area (Å²) < 4.78 is 17.4. The number of anilines is 4. The van der Waals surface area contributed by atoms with E-state index < -0.39 is 11.8 Å². The van der Waals surface area contributed by atoms with Crippen LogP contribution in [0.25, 0.3) is 11.1 Å². The van der Waals surface area contributed by atoms with E-state index in [4.69, 9.17) is 9.47 Å². The van der Waals surface area contributed by atoms with Crippen molar-refractivity contribution in [2.24, 2.45) is 28.2 Å². The predicted molar refractivity (Wildman–Crippen MR) is 281 cm³/mol. The Bertz CT molecular complexity index is 2870. The number of nitrogens with zero attached hydrogens (tertiary/aromatic N) is 6. The van der Waals surface area contributed by atoms with E-state index in [2.05, 4.69) is 41.7 Å². The van der Waals surface area contributed by atoms with E-state index in [9.17, 15) is 28.8 Å². The third-order valence-electron chi connectivity index (χ3n) is 13.8. The molecular weight excluding hydrogens is 945 g/mol. The molecule has 6 amide bonds. The summed E-state index contributed by atoms with van der Waals surface area (Å²) in [7, 11) is 6.94. The molecule has 0 saturated carbocycles. The van der Waals surface area contributed by atoms with Crippen LogP contribution in [-0.2, 0) is 50.5 Å². The quantitative estimate of drug-likeness (QED) is 0.0651. The molecule has 20 heteroatoms. The second kappa shape index (κ2) is 23.0. The van der Waals surface area contributed by atoms with Gasteiger partial charge in [0.2, 0.25) is 0 Å². The minimum Gasteiger partial charge on any atom is -0.379 e. The van der Waals surface area contributed by atoms with Crippen LogP contribution in [0.4, 0.5) is 22.7 Å². The highest BCUT2D eigenvalue weighted by Gasteiger charge is 2.23. The Hall–Kier alpha value is -7.78. The second-order valence-electron chi connectivity index (χ2n) is 19.1. The topological polar surface area (TPSA) is 219 Å². The number of carbonyl (C=O) groups is 6. The first-order chi connectivity index (χ1) is 35.8. The van der Waals surface area contributed by atoms with Gasteiger partial charge in [0.15, 0.2) is 0 Å². The van der Waals surface area contributed by atoms with Gasteiger partial charge in [0.05, 0.1) is 49.2 Å². The Balaban J connectivity index is 0.754. The van der Waals surface area contributed by atoms with Crippen LogP contribution in [0.2, 0.25) is 0 Å². The van der Waals surface area contributed by atoms with Gasteiger partial charge < -0.3 is 59.6 Å².